The van der Waals surface area contributed by atoms with Crippen molar-refractivity contribution in [1.29, 1.82) is 0 Å². The summed E-state index contributed by atoms with van der Waals surface area (Å²) in [5.74, 6) is -0.156. The molecule has 96 valence electrons. The minimum absolute atomic E-state index is 0.00150. The van der Waals surface area contributed by atoms with E-state index in [1.807, 2.05) is 25.3 Å². The molecule has 0 fully saturated rings. The van der Waals surface area contributed by atoms with Crippen molar-refractivity contribution in [1.82, 2.24) is 10.3 Å². The summed E-state index contributed by atoms with van der Waals surface area (Å²) < 4.78 is 13.6. The molecule has 2 aromatic rings. The summed E-state index contributed by atoms with van der Waals surface area (Å²) in [5.41, 5.74) is 0.706. The van der Waals surface area contributed by atoms with Gasteiger partial charge in [0.05, 0.1) is 5.01 Å². The molecule has 0 radical (unpaired) electrons. The molecule has 1 N–H and O–H groups in total. The number of thiazole rings is 1. The molecular formula is C14H17FN2S. The highest BCUT2D eigenvalue weighted by molar-refractivity contribution is 7.11. The van der Waals surface area contributed by atoms with Crippen molar-refractivity contribution in [3.05, 3.63) is 51.7 Å². The SMILES string of the molecule is CCc1ncc(CNC(C)c2ccccc2F)s1. The van der Waals surface area contributed by atoms with Gasteiger partial charge in [0.25, 0.3) is 0 Å². The second-order valence-electron chi connectivity index (χ2n) is 4.20. The van der Waals surface area contributed by atoms with Crippen LogP contribution in [0.1, 0.15) is 35.3 Å². The van der Waals surface area contributed by atoms with Crippen LogP contribution in [0.2, 0.25) is 0 Å². The van der Waals surface area contributed by atoms with E-state index < -0.39 is 0 Å². The number of aryl methyl sites for hydroxylation is 1. The van der Waals surface area contributed by atoms with E-state index in [1.165, 1.54) is 10.9 Å². The van der Waals surface area contributed by atoms with E-state index in [0.29, 0.717) is 5.56 Å². The van der Waals surface area contributed by atoms with Gasteiger partial charge < -0.3 is 5.32 Å². The van der Waals surface area contributed by atoms with Crippen LogP contribution in [0.4, 0.5) is 4.39 Å². The normalized spacial score (nSPS) is 12.6. The summed E-state index contributed by atoms with van der Waals surface area (Å²) in [5, 5.41) is 4.47. The van der Waals surface area contributed by atoms with E-state index in [2.05, 4.69) is 17.2 Å². The van der Waals surface area contributed by atoms with Gasteiger partial charge in [-0.05, 0) is 19.4 Å². The zero-order chi connectivity index (χ0) is 13.0. The monoisotopic (exact) mass is 264 g/mol. The molecule has 2 rings (SSSR count). The van der Waals surface area contributed by atoms with Gasteiger partial charge in [-0.25, -0.2) is 9.37 Å². The Hall–Kier alpha value is -1.26. The number of benzene rings is 1. The van der Waals surface area contributed by atoms with Crippen LogP contribution in [0.5, 0.6) is 0 Å². The van der Waals surface area contributed by atoms with Crippen LogP contribution >= 0.6 is 11.3 Å². The molecule has 1 heterocycles. The Bertz CT molecular complexity index is 510. The van der Waals surface area contributed by atoms with Crippen molar-refractivity contribution in [3.8, 4) is 0 Å². The molecule has 1 atom stereocenters. The second-order valence-corrected chi connectivity index (χ2v) is 5.40. The van der Waals surface area contributed by atoms with Gasteiger partial charge in [-0.15, -0.1) is 11.3 Å². The van der Waals surface area contributed by atoms with Gasteiger partial charge in [0.15, 0.2) is 0 Å². The Morgan fingerprint density at radius 3 is 2.83 bits per heavy atom. The highest BCUT2D eigenvalue weighted by Crippen LogP contribution is 2.18. The summed E-state index contributed by atoms with van der Waals surface area (Å²) in [6, 6.07) is 6.88. The third-order valence-electron chi connectivity index (χ3n) is 2.86. The van der Waals surface area contributed by atoms with Gasteiger partial charge in [-0.2, -0.15) is 0 Å². The van der Waals surface area contributed by atoms with E-state index in [0.717, 1.165) is 18.0 Å². The first-order valence-electron chi connectivity index (χ1n) is 6.12. The molecule has 1 unspecified atom stereocenters. The van der Waals surface area contributed by atoms with E-state index in [-0.39, 0.29) is 11.9 Å². The third-order valence-corrected chi connectivity index (χ3v) is 4.00. The Kier molecular flexibility index (Phi) is 4.44. The third kappa shape index (κ3) is 3.15. The molecule has 0 saturated carbocycles. The molecule has 0 aliphatic rings. The van der Waals surface area contributed by atoms with E-state index >= 15 is 0 Å². The van der Waals surface area contributed by atoms with Gasteiger partial charge in [-0.1, -0.05) is 25.1 Å². The van der Waals surface area contributed by atoms with Crippen molar-refractivity contribution in [2.45, 2.75) is 32.9 Å². The Balaban J connectivity index is 1.96. The number of hydrogen-bond donors (Lipinski definition) is 1. The molecule has 4 heteroatoms. The van der Waals surface area contributed by atoms with Gasteiger partial charge >= 0.3 is 0 Å². The van der Waals surface area contributed by atoms with Crippen LogP contribution in [-0.4, -0.2) is 4.98 Å². The summed E-state index contributed by atoms with van der Waals surface area (Å²) in [4.78, 5) is 5.50. The van der Waals surface area contributed by atoms with Crippen molar-refractivity contribution < 1.29 is 4.39 Å². The first-order chi connectivity index (χ1) is 8.70. The lowest BCUT2D eigenvalue weighted by molar-refractivity contribution is 0.530. The highest BCUT2D eigenvalue weighted by Gasteiger charge is 2.10. The lowest BCUT2D eigenvalue weighted by atomic mass is 10.1. The Labute approximate surface area is 111 Å². The minimum atomic E-state index is -0.156. The number of hydrogen-bond acceptors (Lipinski definition) is 3. The Morgan fingerprint density at radius 1 is 1.39 bits per heavy atom. The predicted molar refractivity (Wildman–Crippen MR) is 73.1 cm³/mol. The fraction of sp³-hybridized carbons (Fsp3) is 0.357. The average molecular weight is 264 g/mol. The van der Waals surface area contributed by atoms with Crippen molar-refractivity contribution in [2.75, 3.05) is 0 Å². The molecule has 0 amide bonds. The first-order valence-corrected chi connectivity index (χ1v) is 6.93. The van der Waals surface area contributed by atoms with Crippen LogP contribution in [0.15, 0.2) is 30.5 Å². The number of nitrogens with zero attached hydrogens (tertiary/aromatic N) is 1. The summed E-state index contributed by atoms with van der Waals surface area (Å²) in [6.45, 7) is 4.80. The van der Waals surface area contributed by atoms with Crippen LogP contribution in [0, 0.1) is 5.82 Å². The lowest BCUT2D eigenvalue weighted by Gasteiger charge is -2.14. The largest absolute Gasteiger partial charge is 0.305 e. The van der Waals surface area contributed by atoms with Gasteiger partial charge in [0, 0.05) is 29.2 Å². The molecule has 0 saturated heterocycles. The van der Waals surface area contributed by atoms with E-state index in [9.17, 15) is 4.39 Å². The zero-order valence-corrected chi connectivity index (χ0v) is 11.4. The molecule has 0 bridgehead atoms. The number of aromatic nitrogens is 1. The quantitative estimate of drug-likeness (QED) is 0.890. The van der Waals surface area contributed by atoms with Crippen LogP contribution in [0.3, 0.4) is 0 Å². The Morgan fingerprint density at radius 2 is 2.17 bits per heavy atom. The molecule has 0 aliphatic carbocycles. The second kappa shape index (κ2) is 6.07. The first kappa shape index (κ1) is 13.2. The smallest absolute Gasteiger partial charge is 0.127 e. The molecule has 2 nitrogen and oxygen atoms in total. The number of halogens is 1. The molecule has 0 aliphatic heterocycles. The van der Waals surface area contributed by atoms with Crippen LogP contribution < -0.4 is 5.32 Å². The number of nitrogens with one attached hydrogen (secondary N) is 1. The maximum atomic E-state index is 13.6. The van der Waals surface area contributed by atoms with Crippen LogP contribution in [0.25, 0.3) is 0 Å². The van der Waals surface area contributed by atoms with E-state index in [1.54, 1.807) is 17.4 Å². The van der Waals surface area contributed by atoms with Crippen LogP contribution in [-0.2, 0) is 13.0 Å². The lowest BCUT2D eigenvalue weighted by Crippen LogP contribution is -2.18. The standard InChI is InChI=1S/C14H17FN2S/c1-3-14-17-9-11(18-14)8-16-10(2)12-6-4-5-7-13(12)15/h4-7,9-10,16H,3,8H2,1-2H3. The van der Waals surface area contributed by atoms with Gasteiger partial charge in [0.2, 0.25) is 0 Å². The van der Waals surface area contributed by atoms with E-state index in [4.69, 9.17) is 0 Å². The molecule has 1 aromatic carbocycles. The maximum Gasteiger partial charge on any atom is 0.127 e. The zero-order valence-electron chi connectivity index (χ0n) is 10.6. The molecule has 0 spiro atoms. The topological polar surface area (TPSA) is 24.9 Å². The summed E-state index contributed by atoms with van der Waals surface area (Å²) in [7, 11) is 0. The molecular weight excluding hydrogens is 247 g/mol. The average Bonchev–Trinajstić information content (AvgIpc) is 2.84. The fourth-order valence-corrected chi connectivity index (χ4v) is 2.60. The minimum Gasteiger partial charge on any atom is -0.305 e. The van der Waals surface area contributed by atoms with Crippen molar-refractivity contribution in [2.24, 2.45) is 0 Å². The number of rotatable bonds is 5. The van der Waals surface area contributed by atoms with Gasteiger partial charge in [-0.3, -0.25) is 0 Å². The van der Waals surface area contributed by atoms with Crippen molar-refractivity contribution in [3.63, 3.8) is 0 Å². The summed E-state index contributed by atoms with van der Waals surface area (Å²) >= 11 is 1.71. The fourth-order valence-electron chi connectivity index (χ4n) is 1.78. The van der Waals surface area contributed by atoms with Crippen molar-refractivity contribution >= 4 is 11.3 Å². The molecule has 18 heavy (non-hydrogen) atoms. The maximum absolute atomic E-state index is 13.6. The predicted octanol–water partition coefficient (Wildman–Crippen LogP) is 3.70. The summed E-state index contributed by atoms with van der Waals surface area (Å²) in [6.07, 6.45) is 2.86. The highest BCUT2D eigenvalue weighted by atomic mass is 32.1. The molecule has 1 aromatic heterocycles. The van der Waals surface area contributed by atoms with Gasteiger partial charge in [0.1, 0.15) is 5.82 Å².